The molecule has 1 amide bonds. The van der Waals surface area contributed by atoms with Gasteiger partial charge in [-0.3, -0.25) is 9.36 Å². The van der Waals surface area contributed by atoms with Crippen molar-refractivity contribution in [2.24, 2.45) is 0 Å². The molecule has 1 N–H and O–H groups in total. The van der Waals surface area contributed by atoms with Crippen molar-refractivity contribution in [3.8, 4) is 5.69 Å². The topological polar surface area (TPSA) is 59.8 Å². The minimum atomic E-state index is -0.172. The van der Waals surface area contributed by atoms with Crippen molar-refractivity contribution in [2.75, 3.05) is 11.1 Å². The summed E-state index contributed by atoms with van der Waals surface area (Å²) in [4.78, 5) is 12.1. The van der Waals surface area contributed by atoms with E-state index in [4.69, 9.17) is 23.2 Å². The third-order valence-corrected chi connectivity index (χ3v) is 5.11. The van der Waals surface area contributed by atoms with Gasteiger partial charge in [0.05, 0.1) is 22.2 Å². The van der Waals surface area contributed by atoms with E-state index in [0.717, 1.165) is 11.3 Å². The summed E-state index contributed by atoms with van der Waals surface area (Å²) >= 11 is 13.5. The van der Waals surface area contributed by atoms with Crippen LogP contribution in [-0.4, -0.2) is 26.4 Å². The first-order valence-electron chi connectivity index (χ1n) is 7.38. The number of hydrogen-bond donors (Lipinski definition) is 1. The van der Waals surface area contributed by atoms with Crippen LogP contribution in [0, 0.1) is 6.92 Å². The van der Waals surface area contributed by atoms with Crippen LogP contribution in [0.3, 0.4) is 0 Å². The average molecular weight is 393 g/mol. The number of amides is 1. The Morgan fingerprint density at radius 3 is 2.76 bits per heavy atom. The summed E-state index contributed by atoms with van der Waals surface area (Å²) in [7, 11) is 0. The van der Waals surface area contributed by atoms with Crippen molar-refractivity contribution in [3.63, 3.8) is 0 Å². The van der Waals surface area contributed by atoms with Gasteiger partial charge in [0.25, 0.3) is 0 Å². The Bertz CT molecular complexity index is 913. The van der Waals surface area contributed by atoms with Gasteiger partial charge in [-0.25, -0.2) is 0 Å². The normalized spacial score (nSPS) is 10.7. The second-order valence-electron chi connectivity index (χ2n) is 5.23. The third-order valence-electron chi connectivity index (χ3n) is 3.43. The molecule has 3 aromatic rings. The summed E-state index contributed by atoms with van der Waals surface area (Å²) in [6.45, 7) is 1.94. The maximum atomic E-state index is 12.1. The molecule has 0 fully saturated rings. The van der Waals surface area contributed by atoms with Gasteiger partial charge in [-0.05, 0) is 36.8 Å². The van der Waals surface area contributed by atoms with Crippen LogP contribution in [0.2, 0.25) is 10.0 Å². The monoisotopic (exact) mass is 392 g/mol. The molecule has 3 rings (SSSR count). The summed E-state index contributed by atoms with van der Waals surface area (Å²) in [6.07, 6.45) is 1.59. The van der Waals surface area contributed by atoms with Gasteiger partial charge in [0.15, 0.2) is 5.16 Å². The summed E-state index contributed by atoms with van der Waals surface area (Å²) < 4.78 is 1.79. The number of aryl methyl sites for hydroxylation is 1. The van der Waals surface area contributed by atoms with E-state index in [0.29, 0.717) is 20.9 Å². The van der Waals surface area contributed by atoms with Crippen molar-refractivity contribution in [2.45, 2.75) is 12.1 Å². The van der Waals surface area contributed by atoms with Gasteiger partial charge in [-0.1, -0.05) is 53.2 Å². The highest BCUT2D eigenvalue weighted by Crippen LogP contribution is 2.25. The van der Waals surface area contributed by atoms with Gasteiger partial charge >= 0.3 is 0 Å². The molecule has 0 atom stereocenters. The van der Waals surface area contributed by atoms with Gasteiger partial charge in [-0.2, -0.15) is 0 Å². The van der Waals surface area contributed by atoms with E-state index in [2.05, 4.69) is 15.5 Å². The van der Waals surface area contributed by atoms with Crippen LogP contribution in [0.25, 0.3) is 5.69 Å². The van der Waals surface area contributed by atoms with E-state index in [9.17, 15) is 4.79 Å². The first-order valence-corrected chi connectivity index (χ1v) is 9.12. The number of rotatable bonds is 5. The van der Waals surface area contributed by atoms with E-state index >= 15 is 0 Å². The van der Waals surface area contributed by atoms with Gasteiger partial charge in [-0.15, -0.1) is 10.2 Å². The fourth-order valence-electron chi connectivity index (χ4n) is 2.11. The summed E-state index contributed by atoms with van der Waals surface area (Å²) in [5.41, 5.74) is 2.42. The van der Waals surface area contributed by atoms with Crippen LogP contribution in [0.15, 0.2) is 53.9 Å². The molecule has 8 heteroatoms. The second-order valence-corrected chi connectivity index (χ2v) is 6.99. The van der Waals surface area contributed by atoms with Crippen LogP contribution in [0.1, 0.15) is 5.56 Å². The lowest BCUT2D eigenvalue weighted by molar-refractivity contribution is -0.113. The number of hydrogen-bond acceptors (Lipinski definition) is 4. The average Bonchev–Trinajstić information content (AvgIpc) is 3.06. The SMILES string of the molecule is Cc1ccc(-n2cnnc2SCC(=O)Nc2ccccc2Cl)cc1Cl. The van der Waals surface area contributed by atoms with Crippen LogP contribution in [0.5, 0.6) is 0 Å². The number of nitrogens with one attached hydrogen (secondary N) is 1. The Morgan fingerprint density at radius 1 is 1.20 bits per heavy atom. The van der Waals surface area contributed by atoms with Crippen LogP contribution in [0.4, 0.5) is 5.69 Å². The van der Waals surface area contributed by atoms with E-state index in [1.165, 1.54) is 11.8 Å². The lowest BCUT2D eigenvalue weighted by atomic mass is 10.2. The number of carbonyl (C=O) groups is 1. The molecule has 0 spiro atoms. The number of benzene rings is 2. The predicted octanol–water partition coefficient (Wildman–Crippen LogP) is 4.61. The highest BCUT2D eigenvalue weighted by Gasteiger charge is 2.12. The van der Waals surface area contributed by atoms with E-state index in [1.54, 1.807) is 23.0 Å². The molecular formula is C17H14Cl2N4OS. The maximum absolute atomic E-state index is 12.1. The zero-order valence-corrected chi connectivity index (χ0v) is 15.6. The molecule has 1 heterocycles. The Hall–Kier alpha value is -2.02. The standard InChI is InChI=1S/C17H14Cl2N4OS/c1-11-6-7-12(8-14(11)19)23-10-20-22-17(23)25-9-16(24)21-15-5-3-2-4-13(15)18/h2-8,10H,9H2,1H3,(H,21,24). The molecule has 5 nitrogen and oxygen atoms in total. The molecule has 128 valence electrons. The fourth-order valence-corrected chi connectivity index (χ4v) is 3.20. The Balaban J connectivity index is 1.68. The van der Waals surface area contributed by atoms with Crippen LogP contribution >= 0.6 is 35.0 Å². The molecule has 0 aliphatic carbocycles. The molecule has 0 aliphatic rings. The van der Waals surface area contributed by atoms with Crippen molar-refractivity contribution < 1.29 is 4.79 Å². The van der Waals surface area contributed by atoms with Crippen molar-refractivity contribution in [1.29, 1.82) is 0 Å². The molecule has 1 aromatic heterocycles. The molecule has 0 unspecified atom stereocenters. The highest BCUT2D eigenvalue weighted by atomic mass is 35.5. The molecule has 0 radical (unpaired) electrons. The third kappa shape index (κ3) is 4.34. The summed E-state index contributed by atoms with van der Waals surface area (Å²) in [5.74, 6) is 0.0124. The molecule has 0 saturated carbocycles. The molecular weight excluding hydrogens is 379 g/mol. The number of para-hydroxylation sites is 1. The number of thioether (sulfide) groups is 1. The lowest BCUT2D eigenvalue weighted by Crippen LogP contribution is -2.14. The minimum Gasteiger partial charge on any atom is -0.324 e. The maximum Gasteiger partial charge on any atom is 0.234 e. The number of carbonyl (C=O) groups excluding carboxylic acids is 1. The molecule has 0 bridgehead atoms. The summed E-state index contributed by atoms with van der Waals surface area (Å²) in [6, 6.07) is 12.8. The summed E-state index contributed by atoms with van der Waals surface area (Å²) in [5, 5.41) is 12.5. The molecule has 0 aliphatic heterocycles. The molecule has 2 aromatic carbocycles. The first-order chi connectivity index (χ1) is 12.0. The second kappa shape index (κ2) is 7.91. The van der Waals surface area contributed by atoms with Crippen LogP contribution < -0.4 is 5.32 Å². The Kier molecular flexibility index (Phi) is 5.63. The number of halogens is 2. The highest BCUT2D eigenvalue weighted by molar-refractivity contribution is 7.99. The quantitative estimate of drug-likeness (QED) is 0.643. The molecule has 25 heavy (non-hydrogen) atoms. The van der Waals surface area contributed by atoms with Gasteiger partial charge in [0, 0.05) is 5.02 Å². The Labute approximate surface area is 159 Å². The van der Waals surface area contributed by atoms with Crippen molar-refractivity contribution >= 4 is 46.6 Å². The fraction of sp³-hybridized carbons (Fsp3) is 0.118. The van der Waals surface area contributed by atoms with Gasteiger partial charge in [0.2, 0.25) is 5.91 Å². The minimum absolute atomic E-state index is 0.172. The lowest BCUT2D eigenvalue weighted by Gasteiger charge is -2.09. The van der Waals surface area contributed by atoms with Crippen LogP contribution in [-0.2, 0) is 4.79 Å². The number of nitrogens with zero attached hydrogens (tertiary/aromatic N) is 3. The Morgan fingerprint density at radius 2 is 2.00 bits per heavy atom. The van der Waals surface area contributed by atoms with E-state index in [1.807, 2.05) is 37.3 Å². The first kappa shape index (κ1) is 17.8. The number of anilines is 1. The van der Waals surface area contributed by atoms with E-state index in [-0.39, 0.29) is 11.7 Å². The van der Waals surface area contributed by atoms with Gasteiger partial charge < -0.3 is 5.32 Å². The smallest absolute Gasteiger partial charge is 0.234 e. The largest absolute Gasteiger partial charge is 0.324 e. The number of aromatic nitrogens is 3. The van der Waals surface area contributed by atoms with E-state index < -0.39 is 0 Å². The molecule has 0 saturated heterocycles. The van der Waals surface area contributed by atoms with Crippen molar-refractivity contribution in [3.05, 3.63) is 64.4 Å². The zero-order chi connectivity index (χ0) is 17.8. The zero-order valence-electron chi connectivity index (χ0n) is 13.2. The van der Waals surface area contributed by atoms with Crippen molar-refractivity contribution in [1.82, 2.24) is 14.8 Å². The van der Waals surface area contributed by atoms with Gasteiger partial charge in [0.1, 0.15) is 6.33 Å². The predicted molar refractivity (Wildman–Crippen MR) is 102 cm³/mol.